The fraction of sp³-hybridized carbons (Fsp3) is 0.571. The molecule has 7 nitrogen and oxygen atoms in total. The molecule has 0 spiro atoms. The van der Waals surface area contributed by atoms with Gasteiger partial charge in [0.2, 0.25) is 10.0 Å². The van der Waals surface area contributed by atoms with E-state index in [0.717, 1.165) is 19.3 Å². The Kier molecular flexibility index (Phi) is 5.36. The third-order valence-corrected chi connectivity index (χ3v) is 5.71. The number of amides is 1. The highest BCUT2D eigenvalue weighted by Gasteiger charge is 2.29. The summed E-state index contributed by atoms with van der Waals surface area (Å²) in [4.78, 5) is 15.6. The minimum absolute atomic E-state index is 0.0183. The minimum atomic E-state index is -3.36. The molecule has 2 N–H and O–H groups in total. The average molecular weight is 327 g/mol. The van der Waals surface area contributed by atoms with E-state index in [1.807, 2.05) is 6.92 Å². The molecular weight excluding hydrogens is 306 g/mol. The number of piperidine rings is 1. The smallest absolute Gasteiger partial charge is 0.253 e. The van der Waals surface area contributed by atoms with Gasteiger partial charge in [-0.05, 0) is 25.8 Å². The number of hydrogen-bond acceptors (Lipinski definition) is 5. The summed E-state index contributed by atoms with van der Waals surface area (Å²) in [6.07, 6.45) is 5.34. The number of pyridine rings is 1. The molecule has 22 heavy (non-hydrogen) atoms. The molecule has 1 aromatic heterocycles. The van der Waals surface area contributed by atoms with Gasteiger partial charge in [-0.3, -0.25) is 9.78 Å². The number of carbonyl (C=O) groups excluding carboxylic acids is 1. The van der Waals surface area contributed by atoms with E-state index in [-0.39, 0.29) is 29.7 Å². The summed E-state index contributed by atoms with van der Waals surface area (Å²) >= 11 is 0. The first-order valence-corrected chi connectivity index (χ1v) is 8.93. The molecule has 1 fully saturated rings. The van der Waals surface area contributed by atoms with Gasteiger partial charge in [0.15, 0.2) is 0 Å². The van der Waals surface area contributed by atoms with Gasteiger partial charge in [-0.15, -0.1) is 0 Å². The SMILES string of the molecule is CC1CCCCN1S(=O)(=O)CCNC(=O)c1cncc(O)c1. The van der Waals surface area contributed by atoms with E-state index < -0.39 is 15.9 Å². The molecule has 2 rings (SSSR count). The standard InChI is InChI=1S/C14H21N3O4S/c1-11-4-2-3-6-17(11)22(20,21)7-5-16-14(19)12-8-13(18)10-15-9-12/h8-11,18H,2-7H2,1H3,(H,16,19). The van der Waals surface area contributed by atoms with Crippen LogP contribution in [0.1, 0.15) is 36.5 Å². The lowest BCUT2D eigenvalue weighted by Crippen LogP contribution is -2.45. The highest BCUT2D eigenvalue weighted by Crippen LogP contribution is 2.20. The summed E-state index contributed by atoms with van der Waals surface area (Å²) in [5.41, 5.74) is 0.198. The van der Waals surface area contributed by atoms with Crippen LogP contribution in [0, 0.1) is 0 Å². The van der Waals surface area contributed by atoms with Crippen LogP contribution in [0.15, 0.2) is 18.5 Å². The Morgan fingerprint density at radius 2 is 2.23 bits per heavy atom. The highest BCUT2D eigenvalue weighted by atomic mass is 32.2. The molecule has 1 aliphatic rings. The zero-order valence-corrected chi connectivity index (χ0v) is 13.3. The van der Waals surface area contributed by atoms with Crippen molar-refractivity contribution in [2.45, 2.75) is 32.2 Å². The number of aromatic nitrogens is 1. The predicted molar refractivity (Wildman–Crippen MR) is 82.0 cm³/mol. The van der Waals surface area contributed by atoms with Gasteiger partial charge in [-0.2, -0.15) is 4.31 Å². The Bertz CT molecular complexity index is 633. The van der Waals surface area contributed by atoms with E-state index in [0.29, 0.717) is 6.54 Å². The van der Waals surface area contributed by atoms with Crippen molar-refractivity contribution in [3.8, 4) is 5.75 Å². The maximum atomic E-state index is 12.3. The van der Waals surface area contributed by atoms with E-state index in [4.69, 9.17) is 0 Å². The summed E-state index contributed by atoms with van der Waals surface area (Å²) in [6.45, 7) is 2.49. The summed E-state index contributed by atoms with van der Waals surface area (Å²) in [5.74, 6) is -0.692. The van der Waals surface area contributed by atoms with Gasteiger partial charge in [-0.1, -0.05) is 6.42 Å². The van der Waals surface area contributed by atoms with E-state index in [1.54, 1.807) is 0 Å². The molecule has 0 aromatic carbocycles. The van der Waals surface area contributed by atoms with Crippen LogP contribution < -0.4 is 5.32 Å². The lowest BCUT2D eigenvalue weighted by atomic mass is 10.1. The van der Waals surface area contributed by atoms with Gasteiger partial charge >= 0.3 is 0 Å². The molecule has 8 heteroatoms. The largest absolute Gasteiger partial charge is 0.506 e. The monoisotopic (exact) mass is 327 g/mol. The highest BCUT2D eigenvalue weighted by molar-refractivity contribution is 7.89. The van der Waals surface area contributed by atoms with Gasteiger partial charge in [0.25, 0.3) is 5.91 Å². The van der Waals surface area contributed by atoms with Gasteiger partial charge in [0.1, 0.15) is 5.75 Å². The lowest BCUT2D eigenvalue weighted by molar-refractivity contribution is 0.0955. The molecule has 1 saturated heterocycles. The maximum absolute atomic E-state index is 12.3. The molecule has 1 aromatic rings. The Balaban J connectivity index is 1.88. The van der Waals surface area contributed by atoms with E-state index in [2.05, 4.69) is 10.3 Å². The zero-order chi connectivity index (χ0) is 16.2. The van der Waals surface area contributed by atoms with Crippen LogP contribution >= 0.6 is 0 Å². The van der Waals surface area contributed by atoms with Crippen molar-refractivity contribution in [1.82, 2.24) is 14.6 Å². The van der Waals surface area contributed by atoms with Gasteiger partial charge in [0, 0.05) is 25.3 Å². The number of carbonyl (C=O) groups is 1. The molecular formula is C14H21N3O4S. The Labute approximate surface area is 130 Å². The molecule has 0 aliphatic carbocycles. The Morgan fingerprint density at radius 1 is 1.45 bits per heavy atom. The molecule has 0 bridgehead atoms. The first-order valence-electron chi connectivity index (χ1n) is 7.32. The first kappa shape index (κ1) is 16.7. The minimum Gasteiger partial charge on any atom is -0.506 e. The van der Waals surface area contributed by atoms with E-state index in [9.17, 15) is 18.3 Å². The third kappa shape index (κ3) is 4.17. The molecule has 1 unspecified atom stereocenters. The Morgan fingerprint density at radius 3 is 2.91 bits per heavy atom. The molecule has 2 heterocycles. The summed E-state index contributed by atoms with van der Waals surface area (Å²) in [5, 5.41) is 11.8. The molecule has 1 amide bonds. The number of sulfonamides is 1. The van der Waals surface area contributed by atoms with Crippen LogP contribution in [0.2, 0.25) is 0 Å². The van der Waals surface area contributed by atoms with E-state index in [1.165, 1.54) is 22.8 Å². The van der Waals surface area contributed by atoms with Crippen LogP contribution in [0.25, 0.3) is 0 Å². The van der Waals surface area contributed by atoms with Gasteiger partial charge < -0.3 is 10.4 Å². The van der Waals surface area contributed by atoms with Crippen molar-refractivity contribution in [3.05, 3.63) is 24.0 Å². The molecule has 122 valence electrons. The summed E-state index contributed by atoms with van der Waals surface area (Å²) < 4.78 is 26.1. The number of rotatable bonds is 5. The topological polar surface area (TPSA) is 99.6 Å². The third-order valence-electron chi connectivity index (χ3n) is 3.73. The fourth-order valence-electron chi connectivity index (χ4n) is 2.55. The summed E-state index contributed by atoms with van der Waals surface area (Å²) in [6, 6.07) is 1.30. The van der Waals surface area contributed by atoms with Crippen LogP contribution in [0.4, 0.5) is 0 Å². The van der Waals surface area contributed by atoms with Crippen molar-refractivity contribution >= 4 is 15.9 Å². The van der Waals surface area contributed by atoms with Crippen LogP contribution in [-0.4, -0.2) is 53.6 Å². The number of aromatic hydroxyl groups is 1. The number of nitrogens with one attached hydrogen (secondary N) is 1. The Hall–Kier alpha value is -1.67. The summed E-state index contributed by atoms with van der Waals surface area (Å²) in [7, 11) is -3.36. The maximum Gasteiger partial charge on any atom is 0.253 e. The first-order chi connectivity index (χ1) is 10.4. The quantitative estimate of drug-likeness (QED) is 0.830. The lowest BCUT2D eigenvalue weighted by Gasteiger charge is -2.32. The molecule has 0 radical (unpaired) electrons. The van der Waals surface area contributed by atoms with Crippen molar-refractivity contribution in [2.24, 2.45) is 0 Å². The van der Waals surface area contributed by atoms with Crippen molar-refractivity contribution in [2.75, 3.05) is 18.8 Å². The normalized spacial score (nSPS) is 19.8. The van der Waals surface area contributed by atoms with Crippen molar-refractivity contribution < 1.29 is 18.3 Å². The average Bonchev–Trinajstić information content (AvgIpc) is 2.47. The predicted octanol–water partition coefficient (Wildman–Crippen LogP) is 0.721. The second kappa shape index (κ2) is 7.06. The van der Waals surface area contributed by atoms with Crippen LogP contribution in [-0.2, 0) is 10.0 Å². The molecule has 1 aliphatic heterocycles. The second-order valence-electron chi connectivity index (χ2n) is 5.46. The van der Waals surface area contributed by atoms with Gasteiger partial charge in [0.05, 0.1) is 17.5 Å². The molecule has 0 saturated carbocycles. The number of nitrogens with zero attached hydrogens (tertiary/aromatic N) is 2. The van der Waals surface area contributed by atoms with Crippen molar-refractivity contribution in [3.63, 3.8) is 0 Å². The van der Waals surface area contributed by atoms with E-state index >= 15 is 0 Å². The van der Waals surface area contributed by atoms with Crippen LogP contribution in [0.5, 0.6) is 5.75 Å². The zero-order valence-electron chi connectivity index (χ0n) is 12.5. The van der Waals surface area contributed by atoms with Gasteiger partial charge in [-0.25, -0.2) is 8.42 Å². The molecule has 1 atom stereocenters. The van der Waals surface area contributed by atoms with Crippen LogP contribution in [0.3, 0.4) is 0 Å². The van der Waals surface area contributed by atoms with Crippen molar-refractivity contribution in [1.29, 1.82) is 0 Å². The second-order valence-corrected chi connectivity index (χ2v) is 7.50. The fourth-order valence-corrected chi connectivity index (χ4v) is 4.21. The number of hydrogen-bond donors (Lipinski definition) is 2.